The third kappa shape index (κ3) is 1.63. The standard InChI is InChI=1S/C8H5ClO2/c1-2-3-7(10)6-4-5-11-8(6)9/h1,4-5H,3H2. The van der Waals surface area contributed by atoms with Gasteiger partial charge in [-0.15, -0.1) is 6.42 Å². The summed E-state index contributed by atoms with van der Waals surface area (Å²) >= 11 is 5.51. The molecule has 56 valence electrons. The first-order valence-corrected chi connectivity index (χ1v) is 3.33. The first-order valence-electron chi connectivity index (χ1n) is 2.95. The van der Waals surface area contributed by atoms with Crippen LogP contribution in [-0.2, 0) is 0 Å². The minimum atomic E-state index is -0.189. The van der Waals surface area contributed by atoms with Crippen LogP contribution in [0.1, 0.15) is 16.8 Å². The molecule has 0 bridgehead atoms. The first kappa shape index (κ1) is 7.90. The third-order valence-electron chi connectivity index (χ3n) is 1.18. The molecule has 1 aromatic heterocycles. The predicted molar refractivity (Wildman–Crippen MR) is 41.5 cm³/mol. The number of halogens is 1. The molecule has 0 atom stereocenters. The molecule has 0 aromatic carbocycles. The molecule has 3 heteroatoms. The van der Waals surface area contributed by atoms with Crippen molar-refractivity contribution in [3.63, 3.8) is 0 Å². The van der Waals surface area contributed by atoms with Crippen LogP contribution in [0, 0.1) is 12.3 Å². The van der Waals surface area contributed by atoms with Crippen LogP contribution in [0.25, 0.3) is 0 Å². The Labute approximate surface area is 69.1 Å². The maximum Gasteiger partial charge on any atom is 0.203 e. The summed E-state index contributed by atoms with van der Waals surface area (Å²) in [5.74, 6) is 2.04. The van der Waals surface area contributed by atoms with Crippen molar-refractivity contribution in [3.05, 3.63) is 23.1 Å². The number of hydrogen-bond acceptors (Lipinski definition) is 2. The van der Waals surface area contributed by atoms with Gasteiger partial charge in [-0.2, -0.15) is 0 Å². The smallest absolute Gasteiger partial charge is 0.203 e. The average Bonchev–Trinajstić information content (AvgIpc) is 2.36. The van der Waals surface area contributed by atoms with Crippen molar-refractivity contribution in [2.45, 2.75) is 6.42 Å². The number of ketones is 1. The van der Waals surface area contributed by atoms with E-state index in [0.717, 1.165) is 0 Å². The number of carbonyl (C=O) groups is 1. The summed E-state index contributed by atoms with van der Waals surface area (Å²) in [6.07, 6.45) is 6.35. The van der Waals surface area contributed by atoms with E-state index in [1.807, 2.05) is 0 Å². The van der Waals surface area contributed by atoms with Gasteiger partial charge >= 0.3 is 0 Å². The minimum Gasteiger partial charge on any atom is -0.452 e. The fourth-order valence-electron chi connectivity index (χ4n) is 0.681. The van der Waals surface area contributed by atoms with Crippen LogP contribution in [0.5, 0.6) is 0 Å². The number of carbonyl (C=O) groups excluding carboxylic acids is 1. The topological polar surface area (TPSA) is 30.2 Å². The van der Waals surface area contributed by atoms with Crippen LogP contribution in [0.15, 0.2) is 16.7 Å². The highest BCUT2D eigenvalue weighted by molar-refractivity contribution is 6.32. The Kier molecular flexibility index (Phi) is 2.35. The van der Waals surface area contributed by atoms with Gasteiger partial charge in [0.15, 0.2) is 5.78 Å². The zero-order valence-electron chi connectivity index (χ0n) is 5.63. The Morgan fingerprint density at radius 1 is 1.82 bits per heavy atom. The molecular weight excluding hydrogens is 164 g/mol. The lowest BCUT2D eigenvalue weighted by Gasteiger charge is -1.89. The van der Waals surface area contributed by atoms with Gasteiger partial charge in [-0.25, -0.2) is 0 Å². The van der Waals surface area contributed by atoms with Crippen molar-refractivity contribution < 1.29 is 9.21 Å². The van der Waals surface area contributed by atoms with E-state index in [-0.39, 0.29) is 17.4 Å². The summed E-state index contributed by atoms with van der Waals surface area (Å²) in [5, 5.41) is 0.102. The lowest BCUT2D eigenvalue weighted by Crippen LogP contribution is -1.94. The number of rotatable bonds is 2. The Balaban J connectivity index is 2.86. The largest absolute Gasteiger partial charge is 0.452 e. The van der Waals surface area contributed by atoms with Crippen LogP contribution >= 0.6 is 11.6 Å². The predicted octanol–water partition coefficient (Wildman–Crippen LogP) is 2.14. The minimum absolute atomic E-state index is 0.0548. The quantitative estimate of drug-likeness (QED) is 0.500. The lowest BCUT2D eigenvalue weighted by molar-refractivity contribution is 0.0998. The maximum atomic E-state index is 11.0. The molecule has 0 N–H and O–H groups in total. The SMILES string of the molecule is C#CCC(=O)c1ccoc1Cl. The van der Waals surface area contributed by atoms with Crippen LogP contribution in [-0.4, -0.2) is 5.78 Å². The number of terminal acetylenes is 1. The van der Waals surface area contributed by atoms with Crippen molar-refractivity contribution in [1.29, 1.82) is 0 Å². The van der Waals surface area contributed by atoms with Crippen LogP contribution in [0.3, 0.4) is 0 Å². The number of hydrogen-bond donors (Lipinski definition) is 0. The molecule has 0 aliphatic heterocycles. The highest BCUT2D eigenvalue weighted by atomic mass is 35.5. The fourth-order valence-corrected chi connectivity index (χ4v) is 0.901. The molecule has 0 saturated carbocycles. The molecule has 0 spiro atoms. The van der Waals surface area contributed by atoms with Crippen LogP contribution < -0.4 is 0 Å². The summed E-state index contributed by atoms with van der Waals surface area (Å²) in [5.41, 5.74) is 0.351. The molecule has 11 heavy (non-hydrogen) atoms. The van der Waals surface area contributed by atoms with Crippen molar-refractivity contribution in [3.8, 4) is 12.3 Å². The molecule has 0 saturated heterocycles. The second-order valence-electron chi connectivity index (χ2n) is 1.91. The Hall–Kier alpha value is -1.20. The molecule has 0 aliphatic rings. The molecule has 0 aliphatic carbocycles. The highest BCUT2D eigenvalue weighted by Gasteiger charge is 2.10. The molecule has 0 unspecified atom stereocenters. The van der Waals surface area contributed by atoms with Crippen molar-refractivity contribution in [1.82, 2.24) is 0 Å². The van der Waals surface area contributed by atoms with Gasteiger partial charge in [0, 0.05) is 0 Å². The summed E-state index contributed by atoms with van der Waals surface area (Å²) < 4.78 is 4.71. The van der Waals surface area contributed by atoms with Crippen molar-refractivity contribution >= 4 is 17.4 Å². The van der Waals surface area contributed by atoms with Gasteiger partial charge in [0.25, 0.3) is 0 Å². The normalized spacial score (nSPS) is 9.09. The molecule has 0 amide bonds. The lowest BCUT2D eigenvalue weighted by atomic mass is 10.2. The monoisotopic (exact) mass is 168 g/mol. The summed E-state index contributed by atoms with van der Waals surface area (Å²) in [6, 6.07) is 1.50. The molecule has 1 heterocycles. The van der Waals surface area contributed by atoms with E-state index < -0.39 is 0 Å². The van der Waals surface area contributed by atoms with E-state index in [9.17, 15) is 4.79 Å². The van der Waals surface area contributed by atoms with E-state index in [4.69, 9.17) is 22.4 Å². The second-order valence-corrected chi connectivity index (χ2v) is 2.26. The molecule has 0 fully saturated rings. The van der Waals surface area contributed by atoms with E-state index >= 15 is 0 Å². The van der Waals surface area contributed by atoms with Crippen molar-refractivity contribution in [2.24, 2.45) is 0 Å². The van der Waals surface area contributed by atoms with Gasteiger partial charge in [-0.3, -0.25) is 4.79 Å². The third-order valence-corrected chi connectivity index (χ3v) is 1.47. The second kappa shape index (κ2) is 3.27. The zero-order valence-corrected chi connectivity index (χ0v) is 6.39. The summed E-state index contributed by atoms with van der Waals surface area (Å²) in [4.78, 5) is 11.0. The van der Waals surface area contributed by atoms with Gasteiger partial charge in [0.2, 0.25) is 5.22 Å². The molecule has 1 aromatic rings. The number of furan rings is 1. The maximum absolute atomic E-state index is 11.0. The van der Waals surface area contributed by atoms with Gasteiger partial charge in [0.1, 0.15) is 0 Å². The zero-order chi connectivity index (χ0) is 8.27. The van der Waals surface area contributed by atoms with Crippen LogP contribution in [0.4, 0.5) is 0 Å². The first-order chi connectivity index (χ1) is 5.25. The number of Topliss-reactive ketones (excluding diaryl/α,β-unsaturated/α-hetero) is 1. The Morgan fingerprint density at radius 2 is 2.55 bits per heavy atom. The van der Waals surface area contributed by atoms with Gasteiger partial charge in [-0.1, -0.05) is 5.92 Å². The molecule has 0 radical (unpaired) electrons. The molecule has 1 rings (SSSR count). The summed E-state index contributed by atoms with van der Waals surface area (Å²) in [7, 11) is 0. The van der Waals surface area contributed by atoms with Gasteiger partial charge < -0.3 is 4.42 Å². The van der Waals surface area contributed by atoms with Crippen molar-refractivity contribution in [2.75, 3.05) is 0 Å². The van der Waals surface area contributed by atoms with Crippen LogP contribution in [0.2, 0.25) is 5.22 Å². The van der Waals surface area contributed by atoms with E-state index in [1.165, 1.54) is 12.3 Å². The van der Waals surface area contributed by atoms with E-state index in [1.54, 1.807) is 0 Å². The molecule has 2 nitrogen and oxygen atoms in total. The van der Waals surface area contributed by atoms with Gasteiger partial charge in [-0.05, 0) is 17.7 Å². The van der Waals surface area contributed by atoms with Gasteiger partial charge in [0.05, 0.1) is 18.2 Å². The Morgan fingerprint density at radius 3 is 3.00 bits per heavy atom. The van der Waals surface area contributed by atoms with E-state index in [0.29, 0.717) is 5.56 Å². The molecular formula is C8H5ClO2. The van der Waals surface area contributed by atoms with E-state index in [2.05, 4.69) is 5.92 Å². The fraction of sp³-hybridized carbons (Fsp3) is 0.125. The summed E-state index contributed by atoms with van der Waals surface area (Å²) in [6.45, 7) is 0. The Bertz CT molecular complexity index is 306. The highest BCUT2D eigenvalue weighted by Crippen LogP contribution is 2.17. The average molecular weight is 169 g/mol.